The van der Waals surface area contributed by atoms with Crippen LogP contribution in [-0.2, 0) is 9.59 Å². The third-order valence-corrected chi connectivity index (χ3v) is 6.96. The predicted molar refractivity (Wildman–Crippen MR) is 143 cm³/mol. The van der Waals surface area contributed by atoms with Gasteiger partial charge in [-0.2, -0.15) is 0 Å². The number of anilines is 2. The van der Waals surface area contributed by atoms with Gasteiger partial charge in [0.2, 0.25) is 17.6 Å². The van der Waals surface area contributed by atoms with Gasteiger partial charge in [-0.25, -0.2) is 0 Å². The number of nitrogens with one attached hydrogen (secondary N) is 2. The van der Waals surface area contributed by atoms with Gasteiger partial charge in [-0.05, 0) is 64.9 Å². The summed E-state index contributed by atoms with van der Waals surface area (Å²) in [5.41, 5.74) is 2.50. The van der Waals surface area contributed by atoms with E-state index in [1.54, 1.807) is 23.4 Å². The van der Waals surface area contributed by atoms with Crippen LogP contribution in [-0.4, -0.2) is 66.7 Å². The van der Waals surface area contributed by atoms with Crippen LogP contribution < -0.4 is 10.6 Å². The topological polar surface area (TPSA) is 108 Å². The summed E-state index contributed by atoms with van der Waals surface area (Å²) < 4.78 is 5.84. The van der Waals surface area contributed by atoms with Gasteiger partial charge in [-0.1, -0.05) is 17.7 Å². The van der Waals surface area contributed by atoms with E-state index in [0.29, 0.717) is 54.6 Å². The smallest absolute Gasteiger partial charge is 0.293 e. The summed E-state index contributed by atoms with van der Waals surface area (Å²) in [6.45, 7) is 3.47. The Morgan fingerprint density at radius 3 is 2.30 bits per heavy atom. The van der Waals surface area contributed by atoms with E-state index in [9.17, 15) is 14.4 Å². The van der Waals surface area contributed by atoms with Crippen molar-refractivity contribution < 1.29 is 18.8 Å². The number of amides is 3. The molecule has 37 heavy (non-hydrogen) atoms. The molecular formula is C28H35N5O4. The zero-order chi connectivity index (χ0) is 26.5. The number of rotatable bonds is 8. The van der Waals surface area contributed by atoms with Crippen LogP contribution in [0.3, 0.4) is 0 Å². The summed E-state index contributed by atoms with van der Waals surface area (Å²) in [7, 11) is 5.81. The highest BCUT2D eigenvalue weighted by Gasteiger charge is 2.32. The number of furan rings is 1. The summed E-state index contributed by atoms with van der Waals surface area (Å²) in [6, 6.07) is 9.10. The van der Waals surface area contributed by atoms with Gasteiger partial charge in [0.1, 0.15) is 11.3 Å². The largest absolute Gasteiger partial charge is 0.448 e. The normalized spacial score (nSPS) is 17.5. The summed E-state index contributed by atoms with van der Waals surface area (Å²) in [5.74, 6) is -0.768. The Morgan fingerprint density at radius 1 is 0.946 bits per heavy atom. The number of benzene rings is 1. The molecule has 9 nitrogen and oxygen atoms in total. The molecule has 3 amide bonds. The monoisotopic (exact) mass is 505 g/mol. The molecule has 1 fully saturated rings. The van der Waals surface area contributed by atoms with Gasteiger partial charge in [0, 0.05) is 50.1 Å². The zero-order valence-corrected chi connectivity index (χ0v) is 21.9. The van der Waals surface area contributed by atoms with Crippen molar-refractivity contribution in [2.75, 3.05) is 44.9 Å². The lowest BCUT2D eigenvalue weighted by molar-refractivity contribution is -0.136. The first kappa shape index (κ1) is 26.3. The Bertz CT molecular complexity index is 1260. The van der Waals surface area contributed by atoms with Crippen molar-refractivity contribution in [2.45, 2.75) is 32.6 Å². The van der Waals surface area contributed by atoms with Crippen molar-refractivity contribution in [2.24, 2.45) is 11.8 Å². The maximum absolute atomic E-state index is 13.3. The summed E-state index contributed by atoms with van der Waals surface area (Å²) in [6.07, 6.45) is 5.71. The lowest BCUT2D eigenvalue weighted by Crippen LogP contribution is -2.39. The van der Waals surface area contributed by atoms with E-state index in [-0.39, 0.29) is 29.4 Å². The van der Waals surface area contributed by atoms with Crippen LogP contribution in [0.2, 0.25) is 0 Å². The van der Waals surface area contributed by atoms with Gasteiger partial charge < -0.3 is 24.9 Å². The number of aromatic nitrogens is 1. The molecule has 0 unspecified atom stereocenters. The molecule has 0 aliphatic heterocycles. The highest BCUT2D eigenvalue weighted by Crippen LogP contribution is 2.34. The van der Waals surface area contributed by atoms with E-state index in [0.717, 1.165) is 12.1 Å². The zero-order valence-electron chi connectivity index (χ0n) is 21.9. The van der Waals surface area contributed by atoms with Gasteiger partial charge in [0.15, 0.2) is 0 Å². The standard InChI is InChI=1S/C28H35N5O4/c1-18-5-11-21(12-6-18)30-27(35)25-24(22-17-29-14-13-23(22)37-25)31-26(34)19-7-9-20(10-8-19)28(36)33(4)16-15-32(2)3/h5-6,11-14,17,19-20H,7-10,15-16H2,1-4H3,(H,30,35)(H,31,34). The highest BCUT2D eigenvalue weighted by atomic mass is 16.3. The number of carbonyl (C=O) groups excluding carboxylic acids is 3. The van der Waals surface area contributed by atoms with Crippen molar-refractivity contribution >= 4 is 40.1 Å². The molecule has 1 aromatic carbocycles. The molecule has 2 aromatic heterocycles. The van der Waals surface area contributed by atoms with Gasteiger partial charge in [0.05, 0.1) is 5.39 Å². The van der Waals surface area contributed by atoms with E-state index in [1.165, 1.54) is 0 Å². The van der Waals surface area contributed by atoms with Crippen LogP contribution in [0.4, 0.5) is 11.4 Å². The Balaban J connectivity index is 1.43. The van der Waals surface area contributed by atoms with Crippen molar-refractivity contribution in [1.82, 2.24) is 14.8 Å². The average molecular weight is 506 g/mol. The minimum Gasteiger partial charge on any atom is -0.448 e. The number of hydrogen-bond donors (Lipinski definition) is 2. The van der Waals surface area contributed by atoms with E-state index in [4.69, 9.17) is 4.42 Å². The lowest BCUT2D eigenvalue weighted by atomic mass is 9.81. The minimum absolute atomic E-state index is 0.0308. The van der Waals surface area contributed by atoms with Crippen LogP contribution in [0.5, 0.6) is 0 Å². The first-order valence-electron chi connectivity index (χ1n) is 12.7. The second-order valence-corrected chi connectivity index (χ2v) is 10.1. The van der Waals surface area contributed by atoms with Crippen molar-refractivity contribution in [3.63, 3.8) is 0 Å². The molecule has 0 saturated heterocycles. The lowest BCUT2D eigenvalue weighted by Gasteiger charge is -2.30. The quantitative estimate of drug-likeness (QED) is 0.476. The first-order chi connectivity index (χ1) is 17.7. The van der Waals surface area contributed by atoms with E-state index in [2.05, 4.69) is 20.5 Å². The van der Waals surface area contributed by atoms with Crippen LogP contribution >= 0.6 is 0 Å². The minimum atomic E-state index is -0.453. The number of likely N-dealkylation sites (N-methyl/N-ethyl adjacent to an activating group) is 2. The fraction of sp³-hybridized carbons (Fsp3) is 0.429. The fourth-order valence-corrected chi connectivity index (χ4v) is 4.65. The Hall–Kier alpha value is -3.72. The molecule has 0 atom stereocenters. The number of carbonyl (C=O) groups is 3. The van der Waals surface area contributed by atoms with Gasteiger partial charge >= 0.3 is 0 Å². The van der Waals surface area contributed by atoms with E-state index < -0.39 is 5.91 Å². The molecule has 2 heterocycles. The summed E-state index contributed by atoms with van der Waals surface area (Å²) in [4.78, 5) is 47.2. The molecule has 0 spiro atoms. The maximum atomic E-state index is 13.3. The van der Waals surface area contributed by atoms with Crippen molar-refractivity contribution in [3.05, 3.63) is 54.0 Å². The second-order valence-electron chi connectivity index (χ2n) is 10.1. The number of hydrogen-bond acceptors (Lipinski definition) is 6. The van der Waals surface area contributed by atoms with Gasteiger partial charge in [-0.3, -0.25) is 19.4 Å². The van der Waals surface area contributed by atoms with Crippen LogP contribution in [0.15, 0.2) is 47.1 Å². The van der Waals surface area contributed by atoms with Gasteiger partial charge in [0.25, 0.3) is 5.91 Å². The van der Waals surface area contributed by atoms with Crippen LogP contribution in [0.25, 0.3) is 11.0 Å². The van der Waals surface area contributed by atoms with Crippen molar-refractivity contribution in [3.8, 4) is 0 Å². The fourth-order valence-electron chi connectivity index (χ4n) is 4.65. The number of fused-ring (bicyclic) bond motifs is 1. The number of nitrogens with zero attached hydrogens (tertiary/aromatic N) is 3. The average Bonchev–Trinajstić information content (AvgIpc) is 3.26. The molecule has 9 heteroatoms. The van der Waals surface area contributed by atoms with Gasteiger partial charge in [-0.15, -0.1) is 0 Å². The Labute approximate surface area is 217 Å². The predicted octanol–water partition coefficient (Wildman–Crippen LogP) is 4.15. The molecule has 2 N–H and O–H groups in total. The number of pyridine rings is 1. The number of aryl methyl sites for hydroxylation is 1. The van der Waals surface area contributed by atoms with Crippen molar-refractivity contribution in [1.29, 1.82) is 0 Å². The molecule has 1 aliphatic rings. The maximum Gasteiger partial charge on any atom is 0.293 e. The molecule has 0 bridgehead atoms. The SMILES string of the molecule is Cc1ccc(NC(=O)c2oc3ccncc3c2NC(=O)C2CCC(C(=O)N(C)CCN(C)C)CC2)cc1. The van der Waals surface area contributed by atoms with E-state index in [1.807, 2.05) is 52.3 Å². The Morgan fingerprint density at radius 2 is 1.62 bits per heavy atom. The molecule has 1 saturated carbocycles. The van der Waals surface area contributed by atoms with Crippen LogP contribution in [0.1, 0.15) is 41.8 Å². The third kappa shape index (κ3) is 6.35. The summed E-state index contributed by atoms with van der Waals surface area (Å²) >= 11 is 0. The highest BCUT2D eigenvalue weighted by molar-refractivity contribution is 6.14. The van der Waals surface area contributed by atoms with E-state index >= 15 is 0 Å². The molecule has 0 radical (unpaired) electrons. The molecule has 1 aliphatic carbocycles. The summed E-state index contributed by atoms with van der Waals surface area (Å²) in [5, 5.41) is 6.35. The molecular weight excluding hydrogens is 470 g/mol. The Kier molecular flexibility index (Phi) is 8.23. The molecule has 196 valence electrons. The third-order valence-electron chi connectivity index (χ3n) is 6.96. The molecule has 3 aromatic rings. The van der Waals surface area contributed by atoms with Crippen LogP contribution in [0, 0.1) is 18.8 Å². The second kappa shape index (κ2) is 11.6. The first-order valence-corrected chi connectivity index (χ1v) is 12.7. The molecule has 4 rings (SSSR count).